The van der Waals surface area contributed by atoms with Gasteiger partial charge in [0.1, 0.15) is 23.3 Å². The lowest BCUT2D eigenvalue weighted by atomic mass is 9.90. The van der Waals surface area contributed by atoms with Gasteiger partial charge in [-0.15, -0.1) is 0 Å². The molecule has 1 unspecified atom stereocenters. The second-order valence-electron chi connectivity index (χ2n) is 9.51. The molecule has 1 aliphatic heterocycles. The number of methoxy groups -OCH3 is 1. The first-order valence-corrected chi connectivity index (χ1v) is 14.7. The Hall–Kier alpha value is -4.11. The zero-order chi connectivity index (χ0) is 29.5. The summed E-state index contributed by atoms with van der Waals surface area (Å²) >= 11 is 13.8. The quantitative estimate of drug-likeness (QED) is 0.202. The molecule has 0 fully saturated rings. The van der Waals surface area contributed by atoms with Crippen LogP contribution in [0, 0.1) is 0 Å². The first kappa shape index (κ1) is 28.0. The summed E-state index contributed by atoms with van der Waals surface area (Å²) in [6, 6.07) is 19.6. The minimum atomic E-state index is -0.832. The fourth-order valence-electron chi connectivity index (χ4n) is 5.20. The highest BCUT2D eigenvalue weighted by molar-refractivity contribution is 7.07. The first-order chi connectivity index (χ1) is 20.3. The lowest BCUT2D eigenvalue weighted by Crippen LogP contribution is -2.40. The third kappa shape index (κ3) is 4.75. The van der Waals surface area contributed by atoms with Crippen LogP contribution < -0.4 is 19.6 Å². The Bertz CT molecular complexity index is 2090. The number of hydrogen-bond donors (Lipinski definition) is 0. The van der Waals surface area contributed by atoms with Crippen LogP contribution in [0.15, 0.2) is 92.2 Å². The Balaban J connectivity index is 1.57. The van der Waals surface area contributed by atoms with Gasteiger partial charge in [0.25, 0.3) is 5.56 Å². The van der Waals surface area contributed by atoms with E-state index in [2.05, 4.69) is 4.99 Å². The third-order valence-corrected chi connectivity index (χ3v) is 8.86. The number of thiazole rings is 1. The summed E-state index contributed by atoms with van der Waals surface area (Å²) in [5, 5.41) is 2.58. The number of nitrogens with zero attached hydrogens (tertiary/aromatic N) is 2. The van der Waals surface area contributed by atoms with E-state index in [1.807, 2.05) is 42.5 Å². The monoisotopic (exact) mass is 618 g/mol. The topological polar surface area (TPSA) is 83.0 Å². The van der Waals surface area contributed by atoms with Gasteiger partial charge in [0, 0.05) is 17.2 Å². The molecule has 42 heavy (non-hydrogen) atoms. The highest BCUT2D eigenvalue weighted by atomic mass is 35.5. The standard InChI is InChI=1S/C32H24Cl2N2O5S/c1-4-40-31(38)26-17(2)35-32-36(29(26)27-20-9-6-5-8-18(20)12-14-24(27)39-3)30(37)25(42-32)16-19-13-15-23(41-19)21-10-7-11-22(33)28(21)34/h5-16,29H,4H2,1-3H3/b25-16-. The third-order valence-electron chi connectivity index (χ3n) is 7.06. The lowest BCUT2D eigenvalue weighted by molar-refractivity contribution is -0.139. The van der Waals surface area contributed by atoms with Gasteiger partial charge in [-0.3, -0.25) is 9.36 Å². The molecular weight excluding hydrogens is 595 g/mol. The summed E-state index contributed by atoms with van der Waals surface area (Å²) in [5.41, 5.74) is 1.74. The van der Waals surface area contributed by atoms with Gasteiger partial charge >= 0.3 is 5.97 Å². The molecule has 0 aliphatic carbocycles. The number of allylic oxidation sites excluding steroid dienone is 1. The van der Waals surface area contributed by atoms with Crippen molar-refractivity contribution in [3.05, 3.63) is 119 Å². The summed E-state index contributed by atoms with van der Waals surface area (Å²) < 4.78 is 19.2. The van der Waals surface area contributed by atoms with Gasteiger partial charge in [-0.2, -0.15) is 0 Å². The molecule has 0 amide bonds. The molecule has 1 atom stereocenters. The molecule has 5 aromatic rings. The largest absolute Gasteiger partial charge is 0.496 e. The van der Waals surface area contributed by atoms with Crippen LogP contribution in [0.4, 0.5) is 0 Å². The van der Waals surface area contributed by atoms with E-state index in [-0.39, 0.29) is 17.7 Å². The van der Waals surface area contributed by atoms with Crippen LogP contribution in [0.25, 0.3) is 28.2 Å². The number of carbonyl (C=O) groups excluding carboxylic acids is 1. The maximum Gasteiger partial charge on any atom is 0.338 e. The van der Waals surface area contributed by atoms with Crippen LogP contribution in [0.1, 0.15) is 31.2 Å². The molecule has 7 nitrogen and oxygen atoms in total. The van der Waals surface area contributed by atoms with Crippen LogP contribution in [0.5, 0.6) is 5.75 Å². The smallest absolute Gasteiger partial charge is 0.338 e. The number of carbonyl (C=O) groups is 1. The number of aromatic nitrogens is 1. The number of esters is 1. The van der Waals surface area contributed by atoms with Gasteiger partial charge in [-0.1, -0.05) is 70.9 Å². The normalized spacial score (nSPS) is 15.1. The average Bonchev–Trinajstić information content (AvgIpc) is 3.57. The van der Waals surface area contributed by atoms with E-state index < -0.39 is 12.0 Å². The van der Waals surface area contributed by atoms with E-state index in [0.29, 0.717) is 53.5 Å². The van der Waals surface area contributed by atoms with Gasteiger partial charge in [0.05, 0.1) is 39.6 Å². The fraction of sp³-hybridized carbons (Fsp3) is 0.156. The number of furan rings is 1. The van der Waals surface area contributed by atoms with Crippen LogP contribution >= 0.6 is 34.5 Å². The molecular formula is C32H24Cl2N2O5S. The molecule has 0 bridgehead atoms. The number of benzene rings is 3. The van der Waals surface area contributed by atoms with E-state index >= 15 is 0 Å². The van der Waals surface area contributed by atoms with Gasteiger partial charge < -0.3 is 13.9 Å². The van der Waals surface area contributed by atoms with Crippen molar-refractivity contribution in [3.8, 4) is 17.1 Å². The average molecular weight is 620 g/mol. The van der Waals surface area contributed by atoms with Gasteiger partial charge in [0.15, 0.2) is 4.80 Å². The number of hydrogen-bond acceptors (Lipinski definition) is 7. The van der Waals surface area contributed by atoms with Crippen molar-refractivity contribution in [1.82, 2.24) is 4.57 Å². The van der Waals surface area contributed by atoms with E-state index in [1.54, 1.807) is 51.3 Å². The summed E-state index contributed by atoms with van der Waals surface area (Å²) in [6.45, 7) is 3.67. The summed E-state index contributed by atoms with van der Waals surface area (Å²) in [6.07, 6.45) is 1.66. The van der Waals surface area contributed by atoms with Crippen LogP contribution in [-0.4, -0.2) is 24.3 Å². The van der Waals surface area contributed by atoms with Crippen LogP contribution in [-0.2, 0) is 9.53 Å². The molecule has 2 aromatic heterocycles. The van der Waals surface area contributed by atoms with Crippen molar-refractivity contribution >= 4 is 57.4 Å². The predicted molar refractivity (Wildman–Crippen MR) is 165 cm³/mol. The Morgan fingerprint density at radius 1 is 1.10 bits per heavy atom. The van der Waals surface area contributed by atoms with Crippen molar-refractivity contribution < 1.29 is 18.7 Å². The van der Waals surface area contributed by atoms with E-state index in [0.717, 1.165) is 10.8 Å². The van der Waals surface area contributed by atoms with E-state index in [4.69, 9.17) is 37.1 Å². The molecule has 0 spiro atoms. The summed E-state index contributed by atoms with van der Waals surface area (Å²) in [7, 11) is 1.57. The van der Waals surface area contributed by atoms with E-state index in [9.17, 15) is 9.59 Å². The van der Waals surface area contributed by atoms with Gasteiger partial charge in [-0.05, 0) is 55.0 Å². The van der Waals surface area contributed by atoms with Crippen LogP contribution in [0.3, 0.4) is 0 Å². The minimum absolute atomic E-state index is 0.177. The number of rotatable bonds is 6. The highest BCUT2D eigenvalue weighted by Crippen LogP contribution is 2.40. The van der Waals surface area contributed by atoms with Crippen molar-refractivity contribution in [2.24, 2.45) is 4.99 Å². The van der Waals surface area contributed by atoms with E-state index in [1.165, 1.54) is 15.9 Å². The predicted octanol–water partition coefficient (Wildman–Crippen LogP) is 6.53. The Labute approximate surface area is 254 Å². The maximum atomic E-state index is 14.1. The Morgan fingerprint density at radius 2 is 1.90 bits per heavy atom. The molecule has 6 rings (SSSR count). The fourth-order valence-corrected chi connectivity index (χ4v) is 6.62. The lowest BCUT2D eigenvalue weighted by Gasteiger charge is -2.27. The van der Waals surface area contributed by atoms with Gasteiger partial charge in [-0.25, -0.2) is 9.79 Å². The molecule has 3 aromatic carbocycles. The summed E-state index contributed by atoms with van der Waals surface area (Å²) in [4.78, 5) is 32.7. The Kier molecular flexibility index (Phi) is 7.53. The minimum Gasteiger partial charge on any atom is -0.496 e. The highest BCUT2D eigenvalue weighted by Gasteiger charge is 2.36. The maximum absolute atomic E-state index is 14.1. The first-order valence-electron chi connectivity index (χ1n) is 13.1. The molecule has 212 valence electrons. The molecule has 0 N–H and O–H groups in total. The molecule has 3 heterocycles. The zero-order valence-electron chi connectivity index (χ0n) is 22.8. The van der Waals surface area contributed by atoms with Crippen molar-refractivity contribution in [2.75, 3.05) is 13.7 Å². The second kappa shape index (κ2) is 11.3. The van der Waals surface area contributed by atoms with Crippen LogP contribution in [0.2, 0.25) is 10.0 Å². The van der Waals surface area contributed by atoms with Crippen molar-refractivity contribution in [2.45, 2.75) is 19.9 Å². The number of halogens is 2. The molecule has 1 aliphatic rings. The van der Waals surface area contributed by atoms with Crippen molar-refractivity contribution in [3.63, 3.8) is 0 Å². The molecule has 0 saturated heterocycles. The second-order valence-corrected chi connectivity index (χ2v) is 11.3. The van der Waals surface area contributed by atoms with Gasteiger partial charge in [0.2, 0.25) is 0 Å². The molecule has 0 radical (unpaired) electrons. The Morgan fingerprint density at radius 3 is 2.69 bits per heavy atom. The van der Waals surface area contributed by atoms with Crippen molar-refractivity contribution in [1.29, 1.82) is 0 Å². The summed E-state index contributed by atoms with van der Waals surface area (Å²) in [5.74, 6) is 0.966. The SMILES string of the molecule is CCOC(=O)C1=C(C)N=c2s/c(=C\c3ccc(-c4cccc(Cl)c4Cl)o3)c(=O)n2C1c1c(OC)ccc2ccccc12. The molecule has 10 heteroatoms. The number of fused-ring (bicyclic) bond motifs is 2. The zero-order valence-corrected chi connectivity index (χ0v) is 25.1. The molecule has 0 saturated carbocycles. The number of ether oxygens (including phenoxy) is 2.